The molecule has 0 spiro atoms. The molecule has 2 aliphatic rings. The average molecular weight is 527 g/mol. The normalized spacial score (nSPS) is 15.1. The molecule has 4 aromatic carbocycles. The van der Waals surface area contributed by atoms with E-state index < -0.39 is 0 Å². The van der Waals surface area contributed by atoms with Gasteiger partial charge in [-0.3, -0.25) is 0 Å². The molecule has 39 heavy (non-hydrogen) atoms. The van der Waals surface area contributed by atoms with Crippen LogP contribution in [0.4, 0.5) is 0 Å². The Hall–Kier alpha value is -3.29. The van der Waals surface area contributed by atoms with Crippen molar-refractivity contribution in [1.82, 2.24) is 0 Å². The maximum Gasteiger partial charge on any atom is 0.0187 e. The molecule has 6 rings (SSSR count). The lowest BCUT2D eigenvalue weighted by Gasteiger charge is -2.14. The van der Waals surface area contributed by atoms with Crippen LogP contribution < -0.4 is 0 Å². The van der Waals surface area contributed by atoms with Crippen molar-refractivity contribution in [1.29, 1.82) is 0 Å². The summed E-state index contributed by atoms with van der Waals surface area (Å²) >= 11 is 2.01. The minimum atomic E-state index is 1.04. The van der Waals surface area contributed by atoms with Crippen molar-refractivity contribution >= 4 is 22.9 Å². The van der Waals surface area contributed by atoms with E-state index in [1.807, 2.05) is 11.8 Å². The van der Waals surface area contributed by atoms with Crippen LogP contribution >= 0.6 is 11.8 Å². The molecule has 0 atom stereocenters. The lowest BCUT2D eigenvalue weighted by atomic mass is 9.92. The SMILES string of the molecule is c1ccc(C(=C2CCCC2)c2ccc(CSCc3ccc(C(=C4CCCC4)c4ccccc4)cc3)cc2)cc1. The molecule has 2 aliphatic carbocycles. The third-order valence-electron chi connectivity index (χ3n) is 8.27. The number of allylic oxidation sites excluding steroid dienone is 2. The van der Waals surface area contributed by atoms with Gasteiger partial charge < -0.3 is 0 Å². The summed E-state index contributed by atoms with van der Waals surface area (Å²) in [7, 11) is 0. The zero-order valence-corrected chi connectivity index (χ0v) is 23.7. The Bertz CT molecular complexity index is 1300. The van der Waals surface area contributed by atoms with E-state index in [9.17, 15) is 0 Å². The average Bonchev–Trinajstić information content (AvgIpc) is 3.72. The van der Waals surface area contributed by atoms with Crippen molar-refractivity contribution in [3.63, 3.8) is 0 Å². The summed E-state index contributed by atoms with van der Waals surface area (Å²) in [5.41, 5.74) is 14.5. The second-order valence-corrected chi connectivity index (χ2v) is 12.0. The number of rotatable bonds is 8. The lowest BCUT2D eigenvalue weighted by molar-refractivity contribution is 0.886. The van der Waals surface area contributed by atoms with Crippen molar-refractivity contribution in [2.24, 2.45) is 0 Å². The predicted octanol–water partition coefficient (Wildman–Crippen LogP) is 10.9. The molecular weight excluding hydrogens is 488 g/mol. The van der Waals surface area contributed by atoms with E-state index in [0.29, 0.717) is 0 Å². The van der Waals surface area contributed by atoms with Crippen molar-refractivity contribution in [2.45, 2.75) is 62.9 Å². The second kappa shape index (κ2) is 12.7. The molecule has 4 aromatic rings. The zero-order chi connectivity index (χ0) is 26.3. The smallest absolute Gasteiger partial charge is 0.0187 e. The van der Waals surface area contributed by atoms with Crippen molar-refractivity contribution in [3.05, 3.63) is 154 Å². The molecule has 0 amide bonds. The van der Waals surface area contributed by atoms with E-state index in [0.717, 1.165) is 11.5 Å². The zero-order valence-electron chi connectivity index (χ0n) is 22.9. The predicted molar refractivity (Wildman–Crippen MR) is 170 cm³/mol. The minimum absolute atomic E-state index is 1.04. The molecule has 0 N–H and O–H groups in total. The van der Waals surface area contributed by atoms with Gasteiger partial charge in [-0.1, -0.05) is 120 Å². The van der Waals surface area contributed by atoms with Crippen LogP contribution in [0.2, 0.25) is 0 Å². The second-order valence-electron chi connectivity index (χ2n) is 11.0. The highest BCUT2D eigenvalue weighted by atomic mass is 32.2. The number of hydrogen-bond acceptors (Lipinski definition) is 1. The first-order chi connectivity index (χ1) is 19.3. The Morgan fingerprint density at radius 1 is 0.410 bits per heavy atom. The Morgan fingerprint density at radius 2 is 0.744 bits per heavy atom. The highest BCUT2D eigenvalue weighted by Gasteiger charge is 2.17. The summed E-state index contributed by atoms with van der Waals surface area (Å²) in [5, 5.41) is 0. The fourth-order valence-corrected chi connectivity index (χ4v) is 7.24. The third kappa shape index (κ3) is 6.31. The number of thioether (sulfide) groups is 1. The molecule has 196 valence electrons. The Labute approximate surface area is 238 Å². The summed E-state index contributed by atoms with van der Waals surface area (Å²) in [4.78, 5) is 0. The molecular formula is C38H38S. The summed E-state index contributed by atoms with van der Waals surface area (Å²) < 4.78 is 0. The molecule has 0 nitrogen and oxygen atoms in total. The van der Waals surface area contributed by atoms with E-state index in [1.54, 1.807) is 11.1 Å². The molecule has 2 fully saturated rings. The maximum atomic E-state index is 2.35. The molecule has 0 bridgehead atoms. The van der Waals surface area contributed by atoms with Gasteiger partial charge >= 0.3 is 0 Å². The Balaban J connectivity index is 1.11. The first kappa shape index (κ1) is 26.0. The molecule has 0 saturated heterocycles. The minimum Gasteiger partial charge on any atom is -0.152 e. The van der Waals surface area contributed by atoms with Gasteiger partial charge in [0.1, 0.15) is 0 Å². The quantitative estimate of drug-likeness (QED) is 0.220. The first-order valence-electron chi connectivity index (χ1n) is 14.7. The van der Waals surface area contributed by atoms with Crippen molar-refractivity contribution in [3.8, 4) is 0 Å². The van der Waals surface area contributed by atoms with Crippen LogP contribution in [0.15, 0.2) is 120 Å². The molecule has 0 aliphatic heterocycles. The molecule has 0 heterocycles. The molecule has 0 radical (unpaired) electrons. The highest BCUT2D eigenvalue weighted by Crippen LogP contribution is 2.37. The van der Waals surface area contributed by atoms with Gasteiger partial charge in [-0.2, -0.15) is 11.8 Å². The van der Waals surface area contributed by atoms with Crippen LogP contribution in [0.3, 0.4) is 0 Å². The Kier molecular flexibility index (Phi) is 8.46. The van der Waals surface area contributed by atoms with Crippen molar-refractivity contribution < 1.29 is 0 Å². The van der Waals surface area contributed by atoms with E-state index in [-0.39, 0.29) is 0 Å². The van der Waals surface area contributed by atoms with Gasteiger partial charge in [0.05, 0.1) is 0 Å². The largest absolute Gasteiger partial charge is 0.152 e. The maximum absolute atomic E-state index is 2.35. The van der Waals surface area contributed by atoms with Gasteiger partial charge in [0, 0.05) is 11.5 Å². The lowest BCUT2D eigenvalue weighted by Crippen LogP contribution is -1.94. The fourth-order valence-electron chi connectivity index (χ4n) is 6.29. The van der Waals surface area contributed by atoms with Crippen LogP contribution in [-0.2, 0) is 11.5 Å². The summed E-state index contributed by atoms with van der Waals surface area (Å²) in [6, 6.07) is 40.7. The molecule has 0 aromatic heterocycles. The van der Waals surface area contributed by atoms with Gasteiger partial charge in [0.25, 0.3) is 0 Å². The number of hydrogen-bond donors (Lipinski definition) is 0. The topological polar surface area (TPSA) is 0 Å². The van der Waals surface area contributed by atoms with E-state index in [2.05, 4.69) is 109 Å². The summed E-state index contributed by atoms with van der Waals surface area (Å²) in [5.74, 6) is 2.08. The van der Waals surface area contributed by atoms with Crippen molar-refractivity contribution in [2.75, 3.05) is 0 Å². The van der Waals surface area contributed by atoms with Gasteiger partial charge in [-0.15, -0.1) is 0 Å². The van der Waals surface area contributed by atoms with E-state index >= 15 is 0 Å². The van der Waals surface area contributed by atoms with Crippen LogP contribution in [0.25, 0.3) is 11.1 Å². The highest BCUT2D eigenvalue weighted by molar-refractivity contribution is 7.97. The number of benzene rings is 4. The third-order valence-corrected chi connectivity index (χ3v) is 9.34. The monoisotopic (exact) mass is 526 g/mol. The summed E-state index contributed by atoms with van der Waals surface area (Å²) in [6.07, 6.45) is 10.3. The summed E-state index contributed by atoms with van der Waals surface area (Å²) in [6.45, 7) is 0. The van der Waals surface area contributed by atoms with E-state index in [1.165, 1.54) is 95.9 Å². The Morgan fingerprint density at radius 3 is 1.10 bits per heavy atom. The van der Waals surface area contributed by atoms with Crippen LogP contribution in [0.5, 0.6) is 0 Å². The van der Waals surface area contributed by atoms with Crippen LogP contribution in [-0.4, -0.2) is 0 Å². The van der Waals surface area contributed by atoms with Crippen LogP contribution in [0, 0.1) is 0 Å². The molecule has 1 heteroatoms. The molecule has 0 unspecified atom stereocenters. The molecule has 2 saturated carbocycles. The van der Waals surface area contributed by atoms with E-state index in [4.69, 9.17) is 0 Å². The fraction of sp³-hybridized carbons (Fsp3) is 0.263. The van der Waals surface area contributed by atoms with Crippen LogP contribution in [0.1, 0.15) is 84.7 Å². The van der Waals surface area contributed by atoms with Gasteiger partial charge in [-0.05, 0) is 95.9 Å². The first-order valence-corrected chi connectivity index (χ1v) is 15.8. The van der Waals surface area contributed by atoms with Gasteiger partial charge in [-0.25, -0.2) is 0 Å². The van der Waals surface area contributed by atoms with Gasteiger partial charge in [0.15, 0.2) is 0 Å². The van der Waals surface area contributed by atoms with Gasteiger partial charge in [0.2, 0.25) is 0 Å². The standard InChI is InChI=1S/C38H38S/c1-3-11-31(12-4-1)37(33-15-7-8-16-33)35-23-19-29(20-24-35)27-39-28-30-21-25-36(26-22-30)38(34-17-9-10-18-34)32-13-5-2-6-14-32/h1-6,11-14,19-26H,7-10,15-18,27-28H2.